The number of carbonyl (C=O) groups is 2. The number of carboxylic acids is 1. The summed E-state index contributed by atoms with van der Waals surface area (Å²) in [6.07, 6.45) is 1.69. The van der Waals surface area contributed by atoms with Crippen LogP contribution in [0.4, 0.5) is 4.39 Å². The van der Waals surface area contributed by atoms with E-state index in [1.54, 1.807) is 4.90 Å². The van der Waals surface area contributed by atoms with Crippen LogP contribution in [0.15, 0.2) is 18.2 Å². The SMILES string of the molecule is COc1ccc(F)cc1C(CC(=O)N1CCCC1)C(=O)O. The van der Waals surface area contributed by atoms with Crippen LogP contribution in [0.3, 0.4) is 0 Å². The molecule has 2 rings (SSSR count). The fourth-order valence-corrected chi connectivity index (χ4v) is 2.58. The van der Waals surface area contributed by atoms with Crippen molar-refractivity contribution >= 4 is 11.9 Å². The number of rotatable bonds is 5. The Balaban J connectivity index is 2.24. The zero-order valence-electron chi connectivity index (χ0n) is 11.8. The number of amides is 1. The van der Waals surface area contributed by atoms with Crippen molar-refractivity contribution in [1.29, 1.82) is 0 Å². The third-order valence-electron chi connectivity index (χ3n) is 3.70. The minimum Gasteiger partial charge on any atom is -0.496 e. The number of methoxy groups -OCH3 is 1. The second-order valence-electron chi connectivity index (χ2n) is 5.07. The molecule has 1 atom stereocenters. The van der Waals surface area contributed by atoms with E-state index in [4.69, 9.17) is 4.74 Å². The number of benzene rings is 1. The van der Waals surface area contributed by atoms with E-state index in [0.717, 1.165) is 18.9 Å². The van der Waals surface area contributed by atoms with Gasteiger partial charge in [-0.05, 0) is 31.0 Å². The van der Waals surface area contributed by atoms with Gasteiger partial charge in [-0.1, -0.05) is 0 Å². The van der Waals surface area contributed by atoms with E-state index in [0.29, 0.717) is 13.1 Å². The van der Waals surface area contributed by atoms with Crippen LogP contribution in [0.5, 0.6) is 5.75 Å². The summed E-state index contributed by atoms with van der Waals surface area (Å²) in [5, 5.41) is 9.38. The molecule has 114 valence electrons. The Labute approximate surface area is 122 Å². The first-order chi connectivity index (χ1) is 10.0. The number of hydrogen-bond acceptors (Lipinski definition) is 3. The van der Waals surface area contributed by atoms with Gasteiger partial charge in [-0.15, -0.1) is 0 Å². The van der Waals surface area contributed by atoms with Gasteiger partial charge in [-0.3, -0.25) is 9.59 Å². The molecule has 1 fully saturated rings. The summed E-state index contributed by atoms with van der Waals surface area (Å²) in [7, 11) is 1.39. The average Bonchev–Trinajstić information content (AvgIpc) is 2.98. The van der Waals surface area contributed by atoms with Crippen molar-refractivity contribution in [1.82, 2.24) is 4.90 Å². The van der Waals surface area contributed by atoms with Crippen LogP contribution in [0.25, 0.3) is 0 Å². The number of carboxylic acid groups (broad SMARTS) is 1. The quantitative estimate of drug-likeness (QED) is 0.902. The van der Waals surface area contributed by atoms with E-state index in [-0.39, 0.29) is 23.6 Å². The largest absolute Gasteiger partial charge is 0.496 e. The van der Waals surface area contributed by atoms with Crippen LogP contribution in [0.1, 0.15) is 30.7 Å². The fourth-order valence-electron chi connectivity index (χ4n) is 2.58. The molecule has 1 heterocycles. The molecule has 1 aliphatic heterocycles. The van der Waals surface area contributed by atoms with Gasteiger partial charge < -0.3 is 14.7 Å². The Kier molecular flexibility index (Phi) is 4.77. The summed E-state index contributed by atoms with van der Waals surface area (Å²) in [4.78, 5) is 25.3. The fraction of sp³-hybridized carbons (Fsp3) is 0.467. The molecule has 1 aromatic carbocycles. The minimum atomic E-state index is -1.16. The second-order valence-corrected chi connectivity index (χ2v) is 5.07. The maximum Gasteiger partial charge on any atom is 0.311 e. The lowest BCUT2D eigenvalue weighted by molar-refractivity contribution is -0.142. The molecule has 21 heavy (non-hydrogen) atoms. The van der Waals surface area contributed by atoms with Crippen molar-refractivity contribution in [2.45, 2.75) is 25.2 Å². The molecule has 1 aromatic rings. The van der Waals surface area contributed by atoms with Gasteiger partial charge >= 0.3 is 5.97 Å². The van der Waals surface area contributed by atoms with Gasteiger partial charge in [0.1, 0.15) is 11.6 Å². The molecular weight excluding hydrogens is 277 g/mol. The highest BCUT2D eigenvalue weighted by Gasteiger charge is 2.29. The molecule has 1 N–H and O–H groups in total. The normalized spacial score (nSPS) is 15.8. The maximum atomic E-state index is 13.4. The molecule has 0 aromatic heterocycles. The van der Waals surface area contributed by atoms with E-state index in [1.807, 2.05) is 0 Å². The number of carbonyl (C=O) groups excluding carboxylic acids is 1. The molecule has 0 bridgehead atoms. The van der Waals surface area contributed by atoms with Gasteiger partial charge in [0.05, 0.1) is 13.0 Å². The summed E-state index contributed by atoms with van der Waals surface area (Å²) >= 11 is 0. The number of halogens is 1. The van der Waals surface area contributed by atoms with Crippen molar-refractivity contribution in [3.05, 3.63) is 29.6 Å². The molecule has 1 amide bonds. The lowest BCUT2D eigenvalue weighted by Gasteiger charge is -2.20. The predicted molar refractivity (Wildman–Crippen MR) is 73.8 cm³/mol. The zero-order chi connectivity index (χ0) is 15.4. The van der Waals surface area contributed by atoms with Crippen LogP contribution in [0, 0.1) is 5.82 Å². The summed E-state index contributed by atoms with van der Waals surface area (Å²) in [6.45, 7) is 1.32. The van der Waals surface area contributed by atoms with Crippen molar-refractivity contribution < 1.29 is 23.8 Å². The second kappa shape index (κ2) is 6.56. The Hall–Kier alpha value is -2.11. The molecule has 0 saturated carbocycles. The third kappa shape index (κ3) is 3.51. The van der Waals surface area contributed by atoms with Crippen LogP contribution in [0.2, 0.25) is 0 Å². The van der Waals surface area contributed by atoms with Gasteiger partial charge in [0.2, 0.25) is 5.91 Å². The summed E-state index contributed by atoms with van der Waals surface area (Å²) in [6, 6.07) is 3.69. The number of ether oxygens (including phenoxy) is 1. The van der Waals surface area contributed by atoms with Crippen molar-refractivity contribution in [2.75, 3.05) is 20.2 Å². The standard InChI is InChI=1S/C15H18FNO4/c1-21-13-5-4-10(16)8-11(13)12(15(19)20)9-14(18)17-6-2-3-7-17/h4-5,8,12H,2-3,6-7,9H2,1H3,(H,19,20). The maximum absolute atomic E-state index is 13.4. The lowest BCUT2D eigenvalue weighted by atomic mass is 9.94. The summed E-state index contributed by atoms with van der Waals surface area (Å²) in [5.74, 6) is -2.76. The highest BCUT2D eigenvalue weighted by Crippen LogP contribution is 2.31. The van der Waals surface area contributed by atoms with Gasteiger partial charge in [0, 0.05) is 25.1 Å². The average molecular weight is 295 g/mol. The molecule has 1 saturated heterocycles. The molecule has 1 unspecified atom stereocenters. The molecule has 0 spiro atoms. The molecule has 1 aliphatic rings. The highest BCUT2D eigenvalue weighted by atomic mass is 19.1. The van der Waals surface area contributed by atoms with Crippen LogP contribution < -0.4 is 4.74 Å². The number of hydrogen-bond donors (Lipinski definition) is 1. The van der Waals surface area contributed by atoms with Crippen molar-refractivity contribution in [3.8, 4) is 5.75 Å². The van der Waals surface area contributed by atoms with Crippen LogP contribution in [-0.4, -0.2) is 42.1 Å². The first-order valence-corrected chi connectivity index (χ1v) is 6.87. The number of aliphatic carboxylic acids is 1. The van der Waals surface area contributed by atoms with E-state index in [2.05, 4.69) is 0 Å². The van der Waals surface area contributed by atoms with Gasteiger partial charge in [0.25, 0.3) is 0 Å². The van der Waals surface area contributed by atoms with Crippen molar-refractivity contribution in [3.63, 3.8) is 0 Å². The smallest absolute Gasteiger partial charge is 0.311 e. The molecular formula is C15H18FNO4. The first-order valence-electron chi connectivity index (χ1n) is 6.87. The van der Waals surface area contributed by atoms with E-state index in [1.165, 1.54) is 19.2 Å². The van der Waals surface area contributed by atoms with E-state index in [9.17, 15) is 19.1 Å². The minimum absolute atomic E-state index is 0.185. The summed E-state index contributed by atoms with van der Waals surface area (Å²) in [5.41, 5.74) is 0.192. The number of likely N-dealkylation sites (tertiary alicyclic amines) is 1. The zero-order valence-corrected chi connectivity index (χ0v) is 11.8. The highest BCUT2D eigenvalue weighted by molar-refractivity contribution is 5.86. The third-order valence-corrected chi connectivity index (χ3v) is 3.70. The summed E-state index contributed by atoms with van der Waals surface area (Å²) < 4.78 is 18.5. The van der Waals surface area contributed by atoms with E-state index < -0.39 is 17.7 Å². The molecule has 5 nitrogen and oxygen atoms in total. The molecule has 0 aliphatic carbocycles. The van der Waals surface area contributed by atoms with Crippen LogP contribution in [-0.2, 0) is 9.59 Å². The predicted octanol–water partition coefficient (Wildman–Crippen LogP) is 2.01. The van der Waals surface area contributed by atoms with Gasteiger partial charge in [0.15, 0.2) is 0 Å². The van der Waals surface area contributed by atoms with Crippen LogP contribution >= 0.6 is 0 Å². The van der Waals surface area contributed by atoms with Gasteiger partial charge in [-0.25, -0.2) is 4.39 Å². The lowest BCUT2D eigenvalue weighted by Crippen LogP contribution is -2.30. The molecule has 6 heteroatoms. The Morgan fingerprint density at radius 2 is 2.05 bits per heavy atom. The molecule has 0 radical (unpaired) electrons. The monoisotopic (exact) mass is 295 g/mol. The Morgan fingerprint density at radius 1 is 1.38 bits per heavy atom. The topological polar surface area (TPSA) is 66.8 Å². The first kappa shape index (κ1) is 15.3. The van der Waals surface area contributed by atoms with E-state index >= 15 is 0 Å². The number of nitrogens with zero attached hydrogens (tertiary/aromatic N) is 1. The van der Waals surface area contributed by atoms with Crippen molar-refractivity contribution in [2.24, 2.45) is 0 Å². The Morgan fingerprint density at radius 3 is 2.62 bits per heavy atom. The Bertz CT molecular complexity index is 540. The van der Waals surface area contributed by atoms with Gasteiger partial charge in [-0.2, -0.15) is 0 Å².